The number of pyridine rings is 1. The molecule has 1 fully saturated rings. The third-order valence-electron chi connectivity index (χ3n) is 3.75. The van der Waals surface area contributed by atoms with Gasteiger partial charge in [-0.15, -0.1) is 0 Å². The van der Waals surface area contributed by atoms with Crippen LogP contribution >= 0.6 is 0 Å². The first kappa shape index (κ1) is 14.7. The van der Waals surface area contributed by atoms with Gasteiger partial charge in [0.05, 0.1) is 12.7 Å². The van der Waals surface area contributed by atoms with Gasteiger partial charge in [-0.2, -0.15) is 0 Å². The Morgan fingerprint density at radius 2 is 2.41 bits per heavy atom. The lowest BCUT2D eigenvalue weighted by atomic mass is 10.3. The first-order chi connectivity index (χ1) is 10.7. The van der Waals surface area contributed by atoms with Crippen LogP contribution < -0.4 is 10.3 Å². The van der Waals surface area contributed by atoms with Crippen LogP contribution in [0.4, 0.5) is 0 Å². The zero-order chi connectivity index (χ0) is 15.4. The van der Waals surface area contributed by atoms with Crippen LogP contribution in [-0.2, 0) is 13.0 Å². The molecule has 6 nitrogen and oxygen atoms in total. The van der Waals surface area contributed by atoms with Gasteiger partial charge in [0, 0.05) is 31.0 Å². The molecule has 1 N–H and O–H groups in total. The fourth-order valence-corrected chi connectivity index (χ4v) is 2.68. The summed E-state index contributed by atoms with van der Waals surface area (Å²) < 4.78 is 5.92. The summed E-state index contributed by atoms with van der Waals surface area (Å²) in [4.78, 5) is 25.2. The van der Waals surface area contributed by atoms with Crippen LogP contribution in [0, 0.1) is 0 Å². The number of aromatic amines is 1. The fraction of sp³-hybridized carbons (Fsp3) is 0.438. The summed E-state index contributed by atoms with van der Waals surface area (Å²) in [7, 11) is 0. The van der Waals surface area contributed by atoms with E-state index in [9.17, 15) is 4.79 Å². The van der Waals surface area contributed by atoms with E-state index < -0.39 is 0 Å². The molecule has 0 spiro atoms. The lowest BCUT2D eigenvalue weighted by molar-refractivity contribution is 0.196. The van der Waals surface area contributed by atoms with Crippen LogP contribution in [0.25, 0.3) is 0 Å². The van der Waals surface area contributed by atoms with Gasteiger partial charge in [0.15, 0.2) is 0 Å². The third-order valence-corrected chi connectivity index (χ3v) is 3.75. The summed E-state index contributed by atoms with van der Waals surface area (Å²) in [6, 6.07) is 5.34. The number of hydrogen-bond donors (Lipinski definition) is 1. The van der Waals surface area contributed by atoms with Crippen LogP contribution in [0.2, 0.25) is 0 Å². The Bertz CT molecular complexity index is 671. The van der Waals surface area contributed by atoms with E-state index in [1.54, 1.807) is 18.5 Å². The van der Waals surface area contributed by atoms with Crippen molar-refractivity contribution in [2.45, 2.75) is 32.4 Å². The predicted molar refractivity (Wildman–Crippen MR) is 82.8 cm³/mol. The molecule has 2 aromatic heterocycles. The second-order valence-corrected chi connectivity index (χ2v) is 5.49. The van der Waals surface area contributed by atoms with Crippen LogP contribution in [-0.4, -0.2) is 39.0 Å². The van der Waals surface area contributed by atoms with E-state index in [4.69, 9.17) is 4.74 Å². The minimum absolute atomic E-state index is 0.0794. The van der Waals surface area contributed by atoms with E-state index in [1.165, 1.54) is 0 Å². The molecular formula is C16H20N4O2. The Balaban J connectivity index is 1.59. The predicted octanol–water partition coefficient (Wildman–Crippen LogP) is 1.38. The number of H-pyrrole nitrogens is 1. The molecule has 0 bridgehead atoms. The molecule has 0 amide bonds. The highest BCUT2D eigenvalue weighted by Gasteiger charge is 2.24. The van der Waals surface area contributed by atoms with Gasteiger partial charge >= 0.3 is 0 Å². The van der Waals surface area contributed by atoms with Gasteiger partial charge in [0.25, 0.3) is 5.56 Å². The lowest BCUT2D eigenvalue weighted by Gasteiger charge is -2.16. The maximum Gasteiger partial charge on any atom is 0.251 e. The molecule has 1 aliphatic rings. The maximum absolute atomic E-state index is 11.6. The molecule has 0 aromatic carbocycles. The number of nitrogens with zero attached hydrogens (tertiary/aromatic N) is 3. The molecule has 0 aliphatic carbocycles. The summed E-state index contributed by atoms with van der Waals surface area (Å²) in [5.74, 6) is 1.53. The number of rotatable bonds is 5. The maximum atomic E-state index is 11.6. The number of aryl methyl sites for hydroxylation is 1. The van der Waals surface area contributed by atoms with Gasteiger partial charge in [-0.1, -0.05) is 6.92 Å². The van der Waals surface area contributed by atoms with Crippen molar-refractivity contribution in [2.24, 2.45) is 0 Å². The number of nitrogens with one attached hydrogen (secondary N) is 1. The van der Waals surface area contributed by atoms with E-state index in [0.29, 0.717) is 6.54 Å². The van der Waals surface area contributed by atoms with Crippen molar-refractivity contribution in [1.82, 2.24) is 19.9 Å². The quantitative estimate of drug-likeness (QED) is 0.903. The molecule has 3 rings (SSSR count). The van der Waals surface area contributed by atoms with Gasteiger partial charge in [-0.3, -0.25) is 14.7 Å². The fourth-order valence-electron chi connectivity index (χ4n) is 2.68. The second-order valence-electron chi connectivity index (χ2n) is 5.49. The molecule has 1 unspecified atom stereocenters. The minimum Gasteiger partial charge on any atom is -0.487 e. The van der Waals surface area contributed by atoms with Crippen molar-refractivity contribution in [3.8, 4) is 5.75 Å². The summed E-state index contributed by atoms with van der Waals surface area (Å²) in [6.45, 7) is 4.41. The average Bonchev–Trinajstić information content (AvgIpc) is 2.94. The summed E-state index contributed by atoms with van der Waals surface area (Å²) in [6.07, 6.45) is 5.35. The summed E-state index contributed by atoms with van der Waals surface area (Å²) in [5, 5.41) is 0. The number of aromatic nitrogens is 3. The van der Waals surface area contributed by atoms with Crippen LogP contribution in [0.5, 0.6) is 5.75 Å². The van der Waals surface area contributed by atoms with Crippen molar-refractivity contribution < 1.29 is 4.74 Å². The second kappa shape index (κ2) is 6.70. The van der Waals surface area contributed by atoms with Gasteiger partial charge < -0.3 is 9.72 Å². The van der Waals surface area contributed by atoms with E-state index in [2.05, 4.69) is 19.9 Å². The smallest absolute Gasteiger partial charge is 0.251 e. The zero-order valence-electron chi connectivity index (χ0n) is 12.7. The molecule has 22 heavy (non-hydrogen) atoms. The normalized spacial score (nSPS) is 18.5. The van der Waals surface area contributed by atoms with E-state index in [0.717, 1.165) is 43.2 Å². The van der Waals surface area contributed by atoms with Crippen molar-refractivity contribution in [3.05, 3.63) is 52.5 Å². The number of ether oxygens (including phenoxy) is 1. The molecule has 1 aliphatic heterocycles. The van der Waals surface area contributed by atoms with Crippen molar-refractivity contribution in [2.75, 3.05) is 13.1 Å². The molecule has 6 heteroatoms. The molecule has 0 saturated carbocycles. The van der Waals surface area contributed by atoms with Gasteiger partial charge in [-0.25, -0.2) is 4.98 Å². The van der Waals surface area contributed by atoms with Gasteiger partial charge in [0.1, 0.15) is 17.7 Å². The number of hydrogen-bond acceptors (Lipinski definition) is 5. The summed E-state index contributed by atoms with van der Waals surface area (Å²) in [5.41, 5.74) is 0.755. The van der Waals surface area contributed by atoms with Crippen molar-refractivity contribution >= 4 is 0 Å². The molecule has 1 atom stereocenters. The van der Waals surface area contributed by atoms with E-state index in [1.807, 2.05) is 19.1 Å². The van der Waals surface area contributed by atoms with E-state index in [-0.39, 0.29) is 11.7 Å². The Hall–Kier alpha value is -2.21. The lowest BCUT2D eigenvalue weighted by Crippen LogP contribution is -2.26. The highest BCUT2D eigenvalue weighted by atomic mass is 16.5. The Morgan fingerprint density at radius 1 is 1.50 bits per heavy atom. The van der Waals surface area contributed by atoms with Crippen LogP contribution in [0.3, 0.4) is 0 Å². The number of likely N-dealkylation sites (tertiary alicyclic amines) is 1. The highest BCUT2D eigenvalue weighted by Crippen LogP contribution is 2.18. The average molecular weight is 300 g/mol. The van der Waals surface area contributed by atoms with Gasteiger partial charge in [-0.05, 0) is 25.0 Å². The Labute approximate surface area is 129 Å². The van der Waals surface area contributed by atoms with Crippen LogP contribution in [0.15, 0.2) is 35.4 Å². The Kier molecular flexibility index (Phi) is 4.48. The molecule has 2 aromatic rings. The first-order valence-corrected chi connectivity index (χ1v) is 7.61. The minimum atomic E-state index is -0.0794. The topological polar surface area (TPSA) is 71.1 Å². The van der Waals surface area contributed by atoms with Crippen molar-refractivity contribution in [3.63, 3.8) is 0 Å². The molecule has 1 saturated heterocycles. The van der Waals surface area contributed by atoms with E-state index >= 15 is 0 Å². The first-order valence-electron chi connectivity index (χ1n) is 7.61. The molecular weight excluding hydrogens is 280 g/mol. The van der Waals surface area contributed by atoms with Gasteiger partial charge in [0.2, 0.25) is 0 Å². The molecule has 0 radical (unpaired) electrons. The monoisotopic (exact) mass is 300 g/mol. The van der Waals surface area contributed by atoms with Crippen LogP contribution in [0.1, 0.15) is 24.9 Å². The van der Waals surface area contributed by atoms with Crippen molar-refractivity contribution in [1.29, 1.82) is 0 Å². The zero-order valence-corrected chi connectivity index (χ0v) is 12.7. The third kappa shape index (κ3) is 3.71. The summed E-state index contributed by atoms with van der Waals surface area (Å²) >= 11 is 0. The largest absolute Gasteiger partial charge is 0.487 e. The molecule has 116 valence electrons. The Morgan fingerprint density at radius 3 is 3.18 bits per heavy atom. The standard InChI is InChI=1S/C16H20N4O2/c1-2-12-8-16(21)19-15(18-12)11-20-7-5-14(10-20)22-13-4-3-6-17-9-13/h3-4,6,8-9,14H,2,5,7,10-11H2,1H3,(H,18,19,21). The SMILES string of the molecule is CCc1cc(=O)[nH]c(CN2CCC(Oc3cccnc3)C2)n1. The molecule has 3 heterocycles. The highest BCUT2D eigenvalue weighted by molar-refractivity contribution is 5.16.